The first kappa shape index (κ1) is 20.4. The zero-order valence-corrected chi connectivity index (χ0v) is 16.8. The van der Waals surface area contributed by atoms with Crippen molar-refractivity contribution in [3.8, 4) is 11.4 Å². The second-order valence-electron chi connectivity index (χ2n) is 6.46. The molecule has 1 heterocycles. The fraction of sp³-hybridized carbons (Fsp3) is 0.200. The number of nitrogens with one attached hydrogen (secondary N) is 3. The van der Waals surface area contributed by atoms with Gasteiger partial charge >= 0.3 is 11.8 Å². The van der Waals surface area contributed by atoms with E-state index < -0.39 is 28.7 Å². The van der Waals surface area contributed by atoms with Crippen molar-refractivity contribution in [1.29, 1.82) is 0 Å². The summed E-state index contributed by atoms with van der Waals surface area (Å²) in [6.07, 6.45) is 1.55. The molecule has 2 aromatic carbocycles. The highest BCUT2D eigenvalue weighted by molar-refractivity contribution is 7.84. The molecule has 2 atom stereocenters. The number of H-pyrrole nitrogens is 1. The third-order valence-electron chi connectivity index (χ3n) is 4.09. The average Bonchev–Trinajstić information content (AvgIpc) is 3.14. The van der Waals surface area contributed by atoms with Gasteiger partial charge in [-0.15, -0.1) is 0 Å². The summed E-state index contributed by atoms with van der Waals surface area (Å²) in [6.45, 7) is 1.79. The summed E-state index contributed by atoms with van der Waals surface area (Å²) in [5.74, 6) is -0.228. The van der Waals surface area contributed by atoms with E-state index in [4.69, 9.17) is 0 Å². The van der Waals surface area contributed by atoms with E-state index in [0.29, 0.717) is 22.9 Å². The Morgan fingerprint density at radius 3 is 2.52 bits per heavy atom. The van der Waals surface area contributed by atoms with Crippen LogP contribution in [-0.4, -0.2) is 43.2 Å². The fourth-order valence-corrected chi connectivity index (χ4v) is 3.51. The summed E-state index contributed by atoms with van der Waals surface area (Å²) in [5, 5.41) is 12.1. The number of carbonyl (C=O) groups is 2. The van der Waals surface area contributed by atoms with Gasteiger partial charge in [-0.25, -0.2) is 4.98 Å². The van der Waals surface area contributed by atoms with Crippen LogP contribution in [0.2, 0.25) is 0 Å². The Hall–Kier alpha value is -3.33. The van der Waals surface area contributed by atoms with Crippen LogP contribution in [0.25, 0.3) is 11.4 Å². The largest absolute Gasteiger partial charge is 0.340 e. The molecule has 0 radical (unpaired) electrons. The smallest absolute Gasteiger partial charge is 0.313 e. The van der Waals surface area contributed by atoms with Crippen molar-refractivity contribution in [2.45, 2.75) is 13.0 Å². The quantitative estimate of drug-likeness (QED) is 0.536. The molecule has 3 N–H and O–H groups in total. The van der Waals surface area contributed by atoms with Crippen molar-refractivity contribution < 1.29 is 13.8 Å². The summed E-state index contributed by atoms with van der Waals surface area (Å²) in [7, 11) is -1.15. The third-order valence-corrected chi connectivity index (χ3v) is 4.89. The van der Waals surface area contributed by atoms with E-state index in [2.05, 4.69) is 25.8 Å². The molecule has 3 aromatic rings. The van der Waals surface area contributed by atoms with Gasteiger partial charge < -0.3 is 10.6 Å². The van der Waals surface area contributed by atoms with E-state index >= 15 is 0 Å². The van der Waals surface area contributed by atoms with Crippen LogP contribution >= 0.6 is 0 Å². The van der Waals surface area contributed by atoms with E-state index in [9.17, 15) is 13.8 Å². The van der Waals surface area contributed by atoms with Crippen LogP contribution in [0.5, 0.6) is 0 Å². The maximum atomic E-state index is 12.4. The zero-order valence-electron chi connectivity index (χ0n) is 16.0. The predicted molar refractivity (Wildman–Crippen MR) is 111 cm³/mol. The number of hydrogen-bond donors (Lipinski definition) is 3. The van der Waals surface area contributed by atoms with E-state index in [1.807, 2.05) is 30.3 Å². The Morgan fingerprint density at radius 2 is 1.86 bits per heavy atom. The number of rotatable bonds is 6. The Labute approximate surface area is 170 Å². The zero-order chi connectivity index (χ0) is 20.8. The molecule has 0 aliphatic carbocycles. The van der Waals surface area contributed by atoms with Crippen LogP contribution in [0.15, 0.2) is 54.6 Å². The van der Waals surface area contributed by atoms with Crippen LogP contribution in [0.3, 0.4) is 0 Å². The van der Waals surface area contributed by atoms with Gasteiger partial charge in [-0.05, 0) is 24.6 Å². The molecule has 0 saturated heterocycles. The van der Waals surface area contributed by atoms with Crippen molar-refractivity contribution in [1.82, 2.24) is 20.5 Å². The standard InChI is InChI=1S/C20H21N5O3S/c1-13-21-18(25-24-13)15-9-6-10-16(11-15)22-19(26)20(27)23-17(12-29(2)28)14-7-4-3-5-8-14/h3-11,17H,12H2,1-2H3,(H,22,26)(H,23,27)(H,21,24,25)/t17-,29+/m0/s1. The van der Waals surface area contributed by atoms with Crippen LogP contribution in [0.1, 0.15) is 17.4 Å². The van der Waals surface area contributed by atoms with Gasteiger partial charge in [-0.3, -0.25) is 18.9 Å². The first-order chi connectivity index (χ1) is 13.9. The third kappa shape index (κ3) is 5.58. The molecule has 0 bridgehead atoms. The van der Waals surface area contributed by atoms with E-state index in [-0.39, 0.29) is 5.75 Å². The van der Waals surface area contributed by atoms with Gasteiger partial charge in [0.1, 0.15) is 5.82 Å². The second-order valence-corrected chi connectivity index (χ2v) is 7.94. The minimum atomic E-state index is -1.15. The summed E-state index contributed by atoms with van der Waals surface area (Å²) in [5.41, 5.74) is 1.93. The Balaban J connectivity index is 1.70. The first-order valence-electron chi connectivity index (χ1n) is 8.88. The Morgan fingerprint density at radius 1 is 1.10 bits per heavy atom. The van der Waals surface area contributed by atoms with Gasteiger partial charge in [0.05, 0.1) is 6.04 Å². The normalized spacial score (nSPS) is 12.8. The molecule has 2 amide bonds. The molecule has 150 valence electrons. The molecule has 0 saturated carbocycles. The molecule has 3 rings (SSSR count). The van der Waals surface area contributed by atoms with Crippen molar-refractivity contribution in [3.05, 3.63) is 66.0 Å². The summed E-state index contributed by atoms with van der Waals surface area (Å²) in [4.78, 5) is 29.0. The molecule has 0 aliphatic rings. The number of anilines is 1. The lowest BCUT2D eigenvalue weighted by molar-refractivity contribution is -0.136. The summed E-state index contributed by atoms with van der Waals surface area (Å²) < 4.78 is 11.7. The molecule has 0 aliphatic heterocycles. The van der Waals surface area contributed by atoms with Gasteiger partial charge in [0, 0.05) is 34.1 Å². The number of benzene rings is 2. The average molecular weight is 411 g/mol. The number of amides is 2. The minimum absolute atomic E-state index is 0.211. The molecule has 0 spiro atoms. The van der Waals surface area contributed by atoms with Gasteiger partial charge in [-0.1, -0.05) is 42.5 Å². The van der Waals surface area contributed by atoms with E-state index in [1.54, 1.807) is 37.4 Å². The number of nitrogens with zero attached hydrogens (tertiary/aromatic N) is 2. The molecule has 8 nitrogen and oxygen atoms in total. The predicted octanol–water partition coefficient (Wildman–Crippen LogP) is 1.95. The SMILES string of the molecule is Cc1nc(-c2cccc(NC(=O)C(=O)N[C@@H](C[S@@](C)=O)c3ccccc3)c2)n[nH]1. The molecular weight excluding hydrogens is 390 g/mol. The Bertz CT molecular complexity index is 1040. The highest BCUT2D eigenvalue weighted by atomic mass is 32.2. The maximum Gasteiger partial charge on any atom is 0.313 e. The number of aryl methyl sites for hydroxylation is 1. The van der Waals surface area contributed by atoms with E-state index in [0.717, 1.165) is 5.56 Å². The monoisotopic (exact) mass is 411 g/mol. The van der Waals surface area contributed by atoms with E-state index in [1.165, 1.54) is 0 Å². The lowest BCUT2D eigenvalue weighted by Crippen LogP contribution is -2.39. The summed E-state index contributed by atoms with van der Waals surface area (Å²) in [6, 6.07) is 15.5. The van der Waals surface area contributed by atoms with Crippen LogP contribution in [0.4, 0.5) is 5.69 Å². The number of carbonyl (C=O) groups excluding carboxylic acids is 2. The maximum absolute atomic E-state index is 12.4. The van der Waals surface area contributed by atoms with Gasteiger partial charge in [0.25, 0.3) is 0 Å². The fourth-order valence-electron chi connectivity index (χ4n) is 2.76. The number of aromatic amines is 1. The van der Waals surface area contributed by atoms with Crippen LogP contribution < -0.4 is 10.6 Å². The molecule has 29 heavy (non-hydrogen) atoms. The highest BCUT2D eigenvalue weighted by Gasteiger charge is 2.21. The lowest BCUT2D eigenvalue weighted by Gasteiger charge is -2.18. The van der Waals surface area contributed by atoms with Gasteiger partial charge in [-0.2, -0.15) is 5.10 Å². The molecule has 9 heteroatoms. The van der Waals surface area contributed by atoms with Gasteiger partial charge in [0.15, 0.2) is 5.82 Å². The molecule has 0 unspecified atom stereocenters. The lowest BCUT2D eigenvalue weighted by atomic mass is 10.1. The highest BCUT2D eigenvalue weighted by Crippen LogP contribution is 2.19. The number of aromatic nitrogens is 3. The topological polar surface area (TPSA) is 117 Å². The number of hydrogen-bond acceptors (Lipinski definition) is 5. The minimum Gasteiger partial charge on any atom is -0.340 e. The van der Waals surface area contributed by atoms with Crippen LogP contribution in [-0.2, 0) is 20.4 Å². The van der Waals surface area contributed by atoms with Crippen molar-refractivity contribution in [3.63, 3.8) is 0 Å². The molecular formula is C20H21N5O3S. The van der Waals surface area contributed by atoms with Gasteiger partial charge in [0.2, 0.25) is 0 Å². The van der Waals surface area contributed by atoms with Crippen molar-refractivity contribution in [2.24, 2.45) is 0 Å². The molecule has 0 fully saturated rings. The van der Waals surface area contributed by atoms with Crippen LogP contribution in [0, 0.1) is 6.92 Å². The van der Waals surface area contributed by atoms with Crippen molar-refractivity contribution >= 4 is 28.3 Å². The summed E-state index contributed by atoms with van der Waals surface area (Å²) >= 11 is 0. The van der Waals surface area contributed by atoms with Crippen molar-refractivity contribution in [2.75, 3.05) is 17.3 Å². The first-order valence-corrected chi connectivity index (χ1v) is 10.6. The molecule has 1 aromatic heterocycles. The second kappa shape index (κ2) is 9.24. The Kier molecular flexibility index (Phi) is 6.50.